The van der Waals surface area contributed by atoms with Crippen LogP contribution in [0.15, 0.2) is 24.3 Å². The first-order chi connectivity index (χ1) is 7.54. The predicted molar refractivity (Wildman–Crippen MR) is 61.4 cm³/mol. The lowest BCUT2D eigenvalue weighted by atomic mass is 10.0. The molecule has 1 aromatic rings. The molecule has 3 N–H and O–H groups in total. The number of hydrogen-bond acceptors (Lipinski definition) is 2. The van der Waals surface area contributed by atoms with Gasteiger partial charge in [-0.15, -0.1) is 0 Å². The maximum absolute atomic E-state index is 10.4. The summed E-state index contributed by atoms with van der Waals surface area (Å²) >= 11 is 0. The minimum absolute atomic E-state index is 0.523. The minimum atomic E-state index is -1.13. The van der Waals surface area contributed by atoms with Crippen LogP contribution >= 0.6 is 0 Å². The molecule has 0 saturated carbocycles. The van der Waals surface area contributed by atoms with E-state index in [4.69, 9.17) is 5.11 Å². The Morgan fingerprint density at radius 3 is 2.38 bits per heavy atom. The molecular weight excluding hydrogens is 206 g/mol. The van der Waals surface area contributed by atoms with E-state index >= 15 is 0 Å². The Kier molecular flexibility index (Phi) is 4.31. The second-order valence-electron chi connectivity index (χ2n) is 3.78. The van der Waals surface area contributed by atoms with Crippen molar-refractivity contribution in [2.45, 2.75) is 32.4 Å². The summed E-state index contributed by atoms with van der Waals surface area (Å²) in [4.78, 5) is 10.4. The van der Waals surface area contributed by atoms with Gasteiger partial charge in [0.05, 0.1) is 12.1 Å². The van der Waals surface area contributed by atoms with E-state index in [1.165, 1.54) is 5.56 Å². The van der Waals surface area contributed by atoms with Crippen molar-refractivity contribution in [2.75, 3.05) is 0 Å². The number of rotatable bonds is 4. The molecule has 4 nitrogen and oxygen atoms in total. The molecule has 0 radical (unpaired) electrons. The van der Waals surface area contributed by atoms with Gasteiger partial charge in [0.1, 0.15) is 0 Å². The van der Waals surface area contributed by atoms with Crippen molar-refractivity contribution in [3.05, 3.63) is 35.4 Å². The van der Waals surface area contributed by atoms with Gasteiger partial charge in [0.15, 0.2) is 0 Å². The Labute approximate surface area is 94.9 Å². The van der Waals surface area contributed by atoms with E-state index in [1.54, 1.807) is 6.92 Å². The Balaban J connectivity index is 2.71. The topological polar surface area (TPSA) is 69.6 Å². The third-order valence-corrected chi connectivity index (χ3v) is 2.55. The van der Waals surface area contributed by atoms with Crippen molar-refractivity contribution < 1.29 is 15.0 Å². The van der Waals surface area contributed by atoms with E-state index in [0.717, 1.165) is 12.0 Å². The molecule has 4 heteroatoms. The Bertz CT molecular complexity index is 348. The lowest BCUT2D eigenvalue weighted by Gasteiger charge is -2.19. The SMILES string of the molecule is CCc1ccc([C@H](O)[C@H](C)NC(=O)O)cc1. The molecular formula is C12H17NO3. The lowest BCUT2D eigenvalue weighted by molar-refractivity contribution is 0.127. The van der Waals surface area contributed by atoms with Gasteiger partial charge in [-0.2, -0.15) is 0 Å². The first kappa shape index (κ1) is 12.5. The average molecular weight is 223 g/mol. The summed E-state index contributed by atoms with van der Waals surface area (Å²) in [7, 11) is 0. The first-order valence-corrected chi connectivity index (χ1v) is 5.31. The Morgan fingerprint density at radius 1 is 1.38 bits per heavy atom. The zero-order valence-electron chi connectivity index (χ0n) is 9.47. The summed E-state index contributed by atoms with van der Waals surface area (Å²) < 4.78 is 0. The highest BCUT2D eigenvalue weighted by Gasteiger charge is 2.17. The molecule has 16 heavy (non-hydrogen) atoms. The third kappa shape index (κ3) is 3.24. The standard InChI is InChI=1S/C12H17NO3/c1-3-9-4-6-10(7-5-9)11(14)8(2)13-12(15)16/h4-8,11,13-14H,3H2,1-2H3,(H,15,16)/t8-,11+/m0/s1. The molecule has 1 rings (SSSR count). The van der Waals surface area contributed by atoms with Crippen LogP contribution in [0.25, 0.3) is 0 Å². The monoisotopic (exact) mass is 223 g/mol. The molecule has 0 aliphatic heterocycles. The highest BCUT2D eigenvalue weighted by molar-refractivity contribution is 5.64. The van der Waals surface area contributed by atoms with Crippen molar-refractivity contribution in [2.24, 2.45) is 0 Å². The summed E-state index contributed by atoms with van der Waals surface area (Å²) in [5.41, 5.74) is 1.91. The Morgan fingerprint density at radius 2 is 1.94 bits per heavy atom. The van der Waals surface area contributed by atoms with E-state index in [0.29, 0.717) is 0 Å². The van der Waals surface area contributed by atoms with Crippen LogP contribution in [0.1, 0.15) is 31.1 Å². The molecule has 0 heterocycles. The molecule has 0 aliphatic rings. The van der Waals surface area contributed by atoms with E-state index in [9.17, 15) is 9.90 Å². The fraction of sp³-hybridized carbons (Fsp3) is 0.417. The number of hydrogen-bond donors (Lipinski definition) is 3. The van der Waals surface area contributed by atoms with Gasteiger partial charge < -0.3 is 15.5 Å². The summed E-state index contributed by atoms with van der Waals surface area (Å²) in [5, 5.41) is 20.7. The van der Waals surface area contributed by atoms with Gasteiger partial charge in [0.25, 0.3) is 0 Å². The van der Waals surface area contributed by atoms with Crippen LogP contribution in [0.5, 0.6) is 0 Å². The van der Waals surface area contributed by atoms with Crippen LogP contribution in [-0.2, 0) is 6.42 Å². The largest absolute Gasteiger partial charge is 0.465 e. The molecule has 0 fully saturated rings. The van der Waals surface area contributed by atoms with Crippen molar-refractivity contribution in [1.29, 1.82) is 0 Å². The number of benzene rings is 1. The zero-order chi connectivity index (χ0) is 12.1. The van der Waals surface area contributed by atoms with Gasteiger partial charge in [-0.25, -0.2) is 4.79 Å². The van der Waals surface area contributed by atoms with Gasteiger partial charge in [-0.1, -0.05) is 31.2 Å². The van der Waals surface area contributed by atoms with Crippen molar-refractivity contribution >= 4 is 6.09 Å². The van der Waals surface area contributed by atoms with Crippen molar-refractivity contribution in [1.82, 2.24) is 5.32 Å². The number of aliphatic hydroxyl groups is 1. The highest BCUT2D eigenvalue weighted by atomic mass is 16.4. The van der Waals surface area contributed by atoms with E-state index in [-0.39, 0.29) is 0 Å². The molecule has 0 aromatic heterocycles. The van der Waals surface area contributed by atoms with Crippen LogP contribution < -0.4 is 5.32 Å². The maximum atomic E-state index is 10.4. The second-order valence-corrected chi connectivity index (χ2v) is 3.78. The molecule has 2 atom stereocenters. The summed E-state index contributed by atoms with van der Waals surface area (Å²) in [6.07, 6.45) is -1.00. The Hall–Kier alpha value is -1.55. The smallest absolute Gasteiger partial charge is 0.404 e. The van der Waals surface area contributed by atoms with Crippen LogP contribution in [0.4, 0.5) is 4.79 Å². The molecule has 0 spiro atoms. The number of carboxylic acid groups (broad SMARTS) is 1. The first-order valence-electron chi connectivity index (χ1n) is 5.31. The number of carbonyl (C=O) groups is 1. The normalized spacial score (nSPS) is 14.2. The minimum Gasteiger partial charge on any atom is -0.465 e. The zero-order valence-corrected chi connectivity index (χ0v) is 9.47. The van der Waals surface area contributed by atoms with Gasteiger partial charge in [-0.05, 0) is 24.5 Å². The molecule has 0 aliphatic carbocycles. The molecule has 88 valence electrons. The van der Waals surface area contributed by atoms with Crippen LogP contribution in [0.2, 0.25) is 0 Å². The van der Waals surface area contributed by atoms with Gasteiger partial charge >= 0.3 is 6.09 Å². The molecule has 0 unspecified atom stereocenters. The number of aliphatic hydroxyl groups excluding tert-OH is 1. The quantitative estimate of drug-likeness (QED) is 0.730. The van der Waals surface area contributed by atoms with Crippen molar-refractivity contribution in [3.63, 3.8) is 0 Å². The fourth-order valence-corrected chi connectivity index (χ4v) is 1.51. The number of nitrogens with one attached hydrogen (secondary N) is 1. The molecule has 0 saturated heterocycles. The van der Waals surface area contributed by atoms with Gasteiger partial charge in [0, 0.05) is 0 Å². The highest BCUT2D eigenvalue weighted by Crippen LogP contribution is 2.17. The summed E-state index contributed by atoms with van der Waals surface area (Å²) in [6.45, 7) is 3.69. The van der Waals surface area contributed by atoms with E-state index in [1.807, 2.05) is 24.3 Å². The number of aryl methyl sites for hydroxylation is 1. The molecule has 1 aromatic carbocycles. The van der Waals surface area contributed by atoms with Gasteiger partial charge in [0.2, 0.25) is 0 Å². The van der Waals surface area contributed by atoms with Crippen LogP contribution in [-0.4, -0.2) is 22.3 Å². The van der Waals surface area contributed by atoms with Crippen LogP contribution in [0.3, 0.4) is 0 Å². The van der Waals surface area contributed by atoms with Gasteiger partial charge in [-0.3, -0.25) is 0 Å². The summed E-state index contributed by atoms with van der Waals surface area (Å²) in [6, 6.07) is 7.00. The lowest BCUT2D eigenvalue weighted by Crippen LogP contribution is -2.35. The predicted octanol–water partition coefficient (Wildman–Crippen LogP) is 1.94. The third-order valence-electron chi connectivity index (χ3n) is 2.55. The molecule has 1 amide bonds. The maximum Gasteiger partial charge on any atom is 0.404 e. The van der Waals surface area contributed by atoms with E-state index < -0.39 is 18.2 Å². The number of amides is 1. The van der Waals surface area contributed by atoms with E-state index in [2.05, 4.69) is 12.2 Å². The summed E-state index contributed by atoms with van der Waals surface area (Å²) in [5.74, 6) is 0. The second kappa shape index (κ2) is 5.51. The average Bonchev–Trinajstić information content (AvgIpc) is 2.27. The van der Waals surface area contributed by atoms with Crippen molar-refractivity contribution in [3.8, 4) is 0 Å². The fourth-order valence-electron chi connectivity index (χ4n) is 1.51. The van der Waals surface area contributed by atoms with Crippen LogP contribution in [0, 0.1) is 0 Å². The molecule has 0 bridgehead atoms.